The summed E-state index contributed by atoms with van der Waals surface area (Å²) in [5.74, 6) is 0. The van der Waals surface area contributed by atoms with Gasteiger partial charge in [0, 0.05) is 22.9 Å². The molecular weight excluding hydrogens is 288 g/mol. The Morgan fingerprint density at radius 3 is 2.59 bits per heavy atom. The van der Waals surface area contributed by atoms with Crippen molar-refractivity contribution in [3.63, 3.8) is 0 Å². The molecule has 2 bridgehead atoms. The molecule has 3 heteroatoms. The topological polar surface area (TPSA) is 16.1 Å². The summed E-state index contributed by atoms with van der Waals surface area (Å²) in [5.41, 5.74) is 2.94. The molecule has 3 aromatic rings. The van der Waals surface area contributed by atoms with Gasteiger partial charge in [0.15, 0.2) is 0 Å². The lowest BCUT2D eigenvalue weighted by Crippen LogP contribution is -2.24. The number of piperidine rings is 1. The smallest absolute Gasteiger partial charge is 0.0802 e. The van der Waals surface area contributed by atoms with Crippen LogP contribution in [0.15, 0.2) is 48.7 Å². The van der Waals surface area contributed by atoms with E-state index in [2.05, 4.69) is 53.6 Å². The van der Waals surface area contributed by atoms with Crippen LogP contribution < -0.4 is 0 Å². The van der Waals surface area contributed by atoms with Crippen molar-refractivity contribution in [2.45, 2.75) is 18.3 Å². The van der Waals surface area contributed by atoms with Gasteiger partial charge in [-0.05, 0) is 55.1 Å². The minimum absolute atomic E-state index is 0.395. The Kier molecular flexibility index (Phi) is 2.70. The summed E-state index contributed by atoms with van der Waals surface area (Å²) in [6.45, 7) is 3.76. The van der Waals surface area contributed by atoms with E-state index in [1.54, 1.807) is 0 Å². The van der Waals surface area contributed by atoms with Gasteiger partial charge < -0.3 is 4.90 Å². The molecular formula is C19H18N2S. The van der Waals surface area contributed by atoms with Crippen LogP contribution in [0.25, 0.3) is 20.7 Å². The number of aromatic nitrogens is 1. The number of thiophene rings is 1. The molecule has 0 atom stereocenters. The second kappa shape index (κ2) is 4.64. The molecule has 22 heavy (non-hydrogen) atoms. The maximum absolute atomic E-state index is 4.79. The zero-order chi connectivity index (χ0) is 14.6. The van der Waals surface area contributed by atoms with Gasteiger partial charge in [-0.15, -0.1) is 11.3 Å². The molecule has 0 saturated carbocycles. The zero-order valence-corrected chi connectivity index (χ0v) is 13.3. The van der Waals surface area contributed by atoms with Crippen LogP contribution in [0, 0.1) is 0 Å². The molecule has 1 aromatic carbocycles. The molecule has 4 heterocycles. The molecule has 2 aliphatic heterocycles. The Labute approximate surface area is 134 Å². The predicted octanol–water partition coefficient (Wildman–Crippen LogP) is 4.31. The Morgan fingerprint density at radius 2 is 1.91 bits per heavy atom. The molecule has 2 nitrogen and oxygen atoms in total. The number of nitrogens with zero attached hydrogens (tertiary/aromatic N) is 2. The monoisotopic (exact) mass is 306 g/mol. The maximum atomic E-state index is 4.79. The Bertz CT molecular complexity index is 793. The molecule has 110 valence electrons. The van der Waals surface area contributed by atoms with E-state index in [1.807, 2.05) is 11.3 Å². The molecule has 0 unspecified atom stereocenters. The van der Waals surface area contributed by atoms with Crippen LogP contribution in [0.3, 0.4) is 0 Å². The molecule has 0 N–H and O–H groups in total. The van der Waals surface area contributed by atoms with Gasteiger partial charge in [0.1, 0.15) is 0 Å². The number of pyridine rings is 1. The third kappa shape index (κ3) is 1.86. The first-order valence-electron chi connectivity index (χ1n) is 8.00. The van der Waals surface area contributed by atoms with Crippen molar-refractivity contribution in [1.82, 2.24) is 9.88 Å². The van der Waals surface area contributed by atoms with Crippen molar-refractivity contribution in [2.24, 2.45) is 0 Å². The van der Waals surface area contributed by atoms with Gasteiger partial charge >= 0.3 is 0 Å². The van der Waals surface area contributed by atoms with Crippen molar-refractivity contribution in [1.29, 1.82) is 0 Å². The molecule has 0 amide bonds. The Balaban J connectivity index is 1.51. The van der Waals surface area contributed by atoms with Crippen LogP contribution >= 0.6 is 11.3 Å². The van der Waals surface area contributed by atoms with Gasteiger partial charge in [-0.2, -0.15) is 0 Å². The van der Waals surface area contributed by atoms with Gasteiger partial charge in [0.25, 0.3) is 0 Å². The molecule has 0 spiro atoms. The average Bonchev–Trinajstić information content (AvgIpc) is 3.29. The van der Waals surface area contributed by atoms with E-state index in [-0.39, 0.29) is 0 Å². The number of fused-ring (bicyclic) bond motifs is 3. The number of hydrogen-bond acceptors (Lipinski definition) is 3. The van der Waals surface area contributed by atoms with Crippen LogP contribution in [-0.4, -0.2) is 29.5 Å². The fraction of sp³-hybridized carbons (Fsp3) is 0.316. The predicted molar refractivity (Wildman–Crippen MR) is 92.4 cm³/mol. The zero-order valence-electron chi connectivity index (χ0n) is 12.5. The van der Waals surface area contributed by atoms with Crippen molar-refractivity contribution >= 4 is 21.4 Å². The number of hydrogen-bond donors (Lipinski definition) is 0. The first kappa shape index (κ1) is 12.8. The maximum Gasteiger partial charge on any atom is 0.0802 e. The largest absolute Gasteiger partial charge is 0.302 e. The van der Waals surface area contributed by atoms with Gasteiger partial charge in [0.2, 0.25) is 0 Å². The van der Waals surface area contributed by atoms with Crippen LogP contribution in [0.4, 0.5) is 0 Å². The van der Waals surface area contributed by atoms with Crippen LogP contribution in [0.5, 0.6) is 0 Å². The highest BCUT2D eigenvalue weighted by Gasteiger charge is 2.44. The summed E-state index contributed by atoms with van der Waals surface area (Å²) < 4.78 is 1.34. The first-order chi connectivity index (χ1) is 10.8. The Hall–Kier alpha value is -1.71. The fourth-order valence-electron chi connectivity index (χ4n) is 4.07. The number of benzene rings is 1. The molecule has 2 aliphatic rings. The highest BCUT2D eigenvalue weighted by molar-refractivity contribution is 7.22. The lowest BCUT2D eigenvalue weighted by Gasteiger charge is -2.25. The standard InChI is InChI=1S/C19H18N2S/c1-2-4-17-14(3-1)11-18(22-17)16-6-5-15(12-20-16)19-7-9-21(13-19)10-8-19/h1-6,11-12H,7-10,13H2. The van der Waals surface area contributed by atoms with E-state index in [9.17, 15) is 0 Å². The van der Waals surface area contributed by atoms with Gasteiger partial charge in [0.05, 0.1) is 10.6 Å². The molecule has 0 aliphatic carbocycles. The summed E-state index contributed by atoms with van der Waals surface area (Å²) >= 11 is 1.83. The van der Waals surface area contributed by atoms with Gasteiger partial charge in [-0.1, -0.05) is 24.3 Å². The van der Waals surface area contributed by atoms with E-state index in [0.29, 0.717) is 5.41 Å². The lowest BCUT2D eigenvalue weighted by atomic mass is 9.78. The molecule has 5 rings (SSSR count). The molecule has 2 fully saturated rings. The second-order valence-electron chi connectivity index (χ2n) is 6.64. The van der Waals surface area contributed by atoms with Gasteiger partial charge in [-0.3, -0.25) is 4.98 Å². The molecule has 2 saturated heterocycles. The SMILES string of the molecule is c1ccc2sc(-c3ccc(C45CCN(CC4)C5)cn3)cc2c1. The van der Waals surface area contributed by atoms with E-state index in [0.717, 1.165) is 5.69 Å². The minimum Gasteiger partial charge on any atom is -0.302 e. The van der Waals surface area contributed by atoms with Gasteiger partial charge in [-0.25, -0.2) is 0 Å². The van der Waals surface area contributed by atoms with Crippen molar-refractivity contribution in [2.75, 3.05) is 19.6 Å². The Morgan fingerprint density at radius 1 is 1.05 bits per heavy atom. The summed E-state index contributed by atoms with van der Waals surface area (Å²) in [4.78, 5) is 8.64. The minimum atomic E-state index is 0.395. The summed E-state index contributed by atoms with van der Waals surface area (Å²) in [5, 5.41) is 1.31. The fourth-order valence-corrected chi connectivity index (χ4v) is 5.11. The summed E-state index contributed by atoms with van der Waals surface area (Å²) in [6, 6.07) is 15.4. The quantitative estimate of drug-likeness (QED) is 0.701. The van der Waals surface area contributed by atoms with Crippen molar-refractivity contribution in [3.8, 4) is 10.6 Å². The third-order valence-electron chi connectivity index (χ3n) is 5.39. The van der Waals surface area contributed by atoms with Crippen LogP contribution in [0.2, 0.25) is 0 Å². The summed E-state index contributed by atoms with van der Waals surface area (Å²) in [6.07, 6.45) is 4.74. The first-order valence-corrected chi connectivity index (χ1v) is 8.82. The highest BCUT2D eigenvalue weighted by atomic mass is 32.1. The van der Waals surface area contributed by atoms with E-state index in [4.69, 9.17) is 4.98 Å². The highest BCUT2D eigenvalue weighted by Crippen LogP contribution is 2.43. The second-order valence-corrected chi connectivity index (χ2v) is 7.72. The summed E-state index contributed by atoms with van der Waals surface area (Å²) in [7, 11) is 0. The molecule has 2 aromatic heterocycles. The van der Waals surface area contributed by atoms with E-state index < -0.39 is 0 Å². The van der Waals surface area contributed by atoms with Crippen LogP contribution in [-0.2, 0) is 5.41 Å². The van der Waals surface area contributed by atoms with E-state index >= 15 is 0 Å². The van der Waals surface area contributed by atoms with Crippen molar-refractivity contribution < 1.29 is 0 Å². The van der Waals surface area contributed by atoms with Crippen molar-refractivity contribution in [3.05, 3.63) is 54.2 Å². The molecule has 0 radical (unpaired) electrons. The van der Waals surface area contributed by atoms with Crippen LogP contribution in [0.1, 0.15) is 18.4 Å². The average molecular weight is 306 g/mol. The lowest BCUT2D eigenvalue weighted by molar-refractivity contribution is 0.364. The van der Waals surface area contributed by atoms with E-state index in [1.165, 1.54) is 53.0 Å². The third-order valence-corrected chi connectivity index (χ3v) is 6.53. The normalized spacial score (nSPS) is 26.8. The number of rotatable bonds is 2.